The summed E-state index contributed by atoms with van der Waals surface area (Å²) < 4.78 is 35.1. The van der Waals surface area contributed by atoms with E-state index in [9.17, 15) is 17.6 Å². The van der Waals surface area contributed by atoms with Crippen LogP contribution in [-0.2, 0) is 21.4 Å². The van der Waals surface area contributed by atoms with Crippen LogP contribution in [0.25, 0.3) is 0 Å². The van der Waals surface area contributed by atoms with E-state index in [1.807, 2.05) is 0 Å². The smallest absolute Gasteiger partial charge is 0.224 e. The molecule has 0 radical (unpaired) electrons. The number of amides is 1. The second-order valence-corrected chi connectivity index (χ2v) is 6.16. The third-order valence-electron chi connectivity index (χ3n) is 2.93. The molecule has 0 aromatic heterocycles. The summed E-state index contributed by atoms with van der Waals surface area (Å²) in [5.41, 5.74) is 0.750. The highest BCUT2D eigenvalue weighted by molar-refractivity contribution is 7.89. The molecule has 2 rings (SSSR count). The van der Waals surface area contributed by atoms with Crippen molar-refractivity contribution in [2.45, 2.75) is 18.2 Å². The van der Waals surface area contributed by atoms with Crippen molar-refractivity contribution < 1.29 is 17.6 Å². The number of hydrogen-bond donors (Lipinski definition) is 1. The molecule has 1 fully saturated rings. The van der Waals surface area contributed by atoms with E-state index < -0.39 is 15.3 Å². The van der Waals surface area contributed by atoms with Crippen molar-refractivity contribution in [2.75, 3.05) is 6.54 Å². The number of carbonyl (C=O) groups is 1. The fourth-order valence-electron chi connectivity index (χ4n) is 1.92. The summed E-state index contributed by atoms with van der Waals surface area (Å²) in [5, 5.41) is 4.18. The van der Waals surface area contributed by atoms with Crippen molar-refractivity contribution in [3.05, 3.63) is 35.6 Å². The van der Waals surface area contributed by atoms with Gasteiger partial charge in [0.05, 0.1) is 0 Å². The normalized spacial score (nSPS) is 20.4. The second kappa shape index (κ2) is 4.66. The van der Waals surface area contributed by atoms with Gasteiger partial charge in [-0.15, -0.1) is 0 Å². The van der Waals surface area contributed by atoms with E-state index in [1.54, 1.807) is 12.1 Å². The molecule has 1 saturated heterocycles. The Balaban J connectivity index is 2.07. The SMILES string of the molecule is NS(=O)(=O)C1CC(=O)N(Cc2ccc(F)cc2)C1. The Hall–Kier alpha value is -1.47. The van der Waals surface area contributed by atoms with Crippen molar-refractivity contribution >= 4 is 15.9 Å². The zero-order valence-corrected chi connectivity index (χ0v) is 10.4. The highest BCUT2D eigenvalue weighted by atomic mass is 32.2. The number of likely N-dealkylation sites (tertiary alicyclic amines) is 1. The first-order chi connectivity index (χ1) is 8.36. The molecular formula is C11H13FN2O3S. The zero-order valence-electron chi connectivity index (χ0n) is 9.54. The largest absolute Gasteiger partial charge is 0.337 e. The van der Waals surface area contributed by atoms with Gasteiger partial charge in [0.25, 0.3) is 0 Å². The summed E-state index contributed by atoms with van der Waals surface area (Å²) in [6.45, 7) is 0.361. The summed E-state index contributed by atoms with van der Waals surface area (Å²) >= 11 is 0. The topological polar surface area (TPSA) is 80.5 Å². The summed E-state index contributed by atoms with van der Waals surface area (Å²) in [4.78, 5) is 13.1. The Morgan fingerprint density at radius 3 is 2.44 bits per heavy atom. The van der Waals surface area contributed by atoms with E-state index in [0.717, 1.165) is 5.56 Å². The highest BCUT2D eigenvalue weighted by Crippen LogP contribution is 2.19. The zero-order chi connectivity index (χ0) is 13.3. The molecular weight excluding hydrogens is 259 g/mol. The number of hydrogen-bond acceptors (Lipinski definition) is 3. The first kappa shape index (κ1) is 13.0. The van der Waals surface area contributed by atoms with Crippen LogP contribution in [0.1, 0.15) is 12.0 Å². The number of rotatable bonds is 3. The summed E-state index contributed by atoms with van der Waals surface area (Å²) in [6.07, 6.45) is -0.0833. The van der Waals surface area contributed by atoms with E-state index in [1.165, 1.54) is 17.0 Å². The standard InChI is InChI=1S/C11H13FN2O3S/c12-9-3-1-8(2-4-9)6-14-7-10(5-11(14)15)18(13,16)17/h1-4,10H,5-7H2,(H2,13,16,17). The maximum Gasteiger partial charge on any atom is 0.224 e. The molecule has 0 spiro atoms. The van der Waals surface area contributed by atoms with Gasteiger partial charge in [-0.05, 0) is 17.7 Å². The van der Waals surface area contributed by atoms with E-state index in [-0.39, 0.29) is 31.2 Å². The van der Waals surface area contributed by atoms with Gasteiger partial charge in [0.15, 0.2) is 0 Å². The van der Waals surface area contributed by atoms with Gasteiger partial charge in [-0.3, -0.25) is 4.79 Å². The lowest BCUT2D eigenvalue weighted by atomic mass is 10.2. The maximum absolute atomic E-state index is 12.7. The Labute approximate surface area is 104 Å². The molecule has 1 aliphatic heterocycles. The van der Waals surface area contributed by atoms with Crippen LogP contribution in [0, 0.1) is 5.82 Å². The molecule has 1 aromatic rings. The van der Waals surface area contributed by atoms with Crippen LogP contribution in [0.4, 0.5) is 4.39 Å². The first-order valence-corrected chi connectivity index (χ1v) is 7.01. The summed E-state index contributed by atoms with van der Waals surface area (Å²) in [5.74, 6) is -0.604. The van der Waals surface area contributed by atoms with Crippen LogP contribution in [-0.4, -0.2) is 31.0 Å². The number of nitrogens with zero attached hydrogens (tertiary/aromatic N) is 1. The van der Waals surface area contributed by atoms with Crippen LogP contribution in [0.15, 0.2) is 24.3 Å². The predicted molar refractivity (Wildman–Crippen MR) is 63.3 cm³/mol. The average molecular weight is 272 g/mol. The van der Waals surface area contributed by atoms with Crippen LogP contribution in [0.3, 0.4) is 0 Å². The van der Waals surface area contributed by atoms with Crippen molar-refractivity contribution in [2.24, 2.45) is 5.14 Å². The van der Waals surface area contributed by atoms with Gasteiger partial charge < -0.3 is 4.90 Å². The molecule has 1 amide bonds. The van der Waals surface area contributed by atoms with Gasteiger partial charge in [0.1, 0.15) is 11.1 Å². The monoisotopic (exact) mass is 272 g/mol. The highest BCUT2D eigenvalue weighted by Gasteiger charge is 2.36. The molecule has 2 N–H and O–H groups in total. The Morgan fingerprint density at radius 1 is 1.33 bits per heavy atom. The Kier molecular flexibility index (Phi) is 3.36. The third kappa shape index (κ3) is 2.85. The van der Waals surface area contributed by atoms with Crippen LogP contribution in [0.2, 0.25) is 0 Å². The minimum Gasteiger partial charge on any atom is -0.337 e. The molecule has 1 unspecified atom stereocenters. The van der Waals surface area contributed by atoms with Crippen LogP contribution < -0.4 is 5.14 Å². The molecule has 18 heavy (non-hydrogen) atoms. The van der Waals surface area contributed by atoms with Crippen LogP contribution in [0.5, 0.6) is 0 Å². The first-order valence-electron chi connectivity index (χ1n) is 5.40. The quantitative estimate of drug-likeness (QED) is 0.854. The molecule has 0 aliphatic carbocycles. The molecule has 1 atom stereocenters. The molecule has 0 saturated carbocycles. The third-order valence-corrected chi connectivity index (χ3v) is 4.18. The van der Waals surface area contributed by atoms with E-state index in [2.05, 4.69) is 0 Å². The minimum absolute atomic E-state index is 0.0833. The molecule has 1 aliphatic rings. The summed E-state index contributed by atoms with van der Waals surface area (Å²) in [6, 6.07) is 5.72. The van der Waals surface area contributed by atoms with Crippen molar-refractivity contribution in [3.8, 4) is 0 Å². The fraction of sp³-hybridized carbons (Fsp3) is 0.364. The summed E-state index contributed by atoms with van der Waals surface area (Å²) in [7, 11) is -3.69. The van der Waals surface area contributed by atoms with E-state index in [4.69, 9.17) is 5.14 Å². The van der Waals surface area contributed by atoms with E-state index in [0.29, 0.717) is 0 Å². The van der Waals surface area contributed by atoms with Gasteiger partial charge in [-0.25, -0.2) is 17.9 Å². The lowest BCUT2D eigenvalue weighted by Crippen LogP contribution is -2.31. The molecule has 98 valence electrons. The van der Waals surface area contributed by atoms with Crippen LogP contribution >= 0.6 is 0 Å². The minimum atomic E-state index is -3.69. The number of primary sulfonamides is 1. The van der Waals surface area contributed by atoms with Gasteiger partial charge in [0.2, 0.25) is 15.9 Å². The number of nitrogens with two attached hydrogens (primary N) is 1. The Bertz CT molecular complexity index is 556. The van der Waals surface area contributed by atoms with Gasteiger partial charge >= 0.3 is 0 Å². The molecule has 1 heterocycles. The van der Waals surface area contributed by atoms with Gasteiger partial charge in [-0.2, -0.15) is 0 Å². The number of carbonyl (C=O) groups excluding carboxylic acids is 1. The number of benzene rings is 1. The predicted octanol–water partition coefficient (Wildman–Crippen LogP) is 0.215. The number of halogens is 1. The molecule has 5 nitrogen and oxygen atoms in total. The van der Waals surface area contributed by atoms with E-state index >= 15 is 0 Å². The van der Waals surface area contributed by atoms with Gasteiger partial charge in [0, 0.05) is 19.5 Å². The lowest BCUT2D eigenvalue weighted by molar-refractivity contribution is -0.128. The molecule has 0 bridgehead atoms. The van der Waals surface area contributed by atoms with Crippen molar-refractivity contribution in [1.82, 2.24) is 4.90 Å². The Morgan fingerprint density at radius 2 is 1.94 bits per heavy atom. The maximum atomic E-state index is 12.7. The second-order valence-electron chi connectivity index (χ2n) is 4.32. The van der Waals surface area contributed by atoms with Crippen molar-refractivity contribution in [3.63, 3.8) is 0 Å². The van der Waals surface area contributed by atoms with Gasteiger partial charge in [-0.1, -0.05) is 12.1 Å². The molecule has 1 aromatic carbocycles. The fourth-order valence-corrected chi connectivity index (χ4v) is 2.68. The molecule has 7 heteroatoms. The average Bonchev–Trinajstić information content (AvgIpc) is 2.63. The number of sulfonamides is 1. The van der Waals surface area contributed by atoms with Crippen molar-refractivity contribution in [1.29, 1.82) is 0 Å². The lowest BCUT2D eigenvalue weighted by Gasteiger charge is -2.16.